The van der Waals surface area contributed by atoms with Crippen LogP contribution in [0.2, 0.25) is 0 Å². The van der Waals surface area contributed by atoms with Gasteiger partial charge in [0.2, 0.25) is 17.7 Å². The van der Waals surface area contributed by atoms with E-state index in [2.05, 4.69) is 5.32 Å². The zero-order valence-electron chi connectivity index (χ0n) is 25.3. The number of benzene rings is 4. The molecule has 1 saturated heterocycles. The number of carbonyl (C=O) groups is 3. The standard InChI is InChI=1S/C37H32Cl2N2O4/c1-20(2)32(33(42)40-23-14-17-24(18-15-23)45-25-16-13-21(3)22(4)19-25)41-34(43)30-31(35(41)44)37(39)27-10-6-5-9-26(27)36(30,38)28-11-7-8-12-29(28)37/h5-20,30-32H,1-4H3,(H,40,42)/t30-,31-,32-,36?,37?/m0/s1. The first-order chi connectivity index (χ1) is 21.5. The smallest absolute Gasteiger partial charge is 0.247 e. The summed E-state index contributed by atoms with van der Waals surface area (Å²) in [7, 11) is 0. The van der Waals surface area contributed by atoms with Crippen molar-refractivity contribution in [2.45, 2.75) is 43.5 Å². The van der Waals surface area contributed by atoms with Gasteiger partial charge in [-0.2, -0.15) is 0 Å². The zero-order valence-corrected chi connectivity index (χ0v) is 26.8. The number of rotatable bonds is 6. The highest BCUT2D eigenvalue weighted by atomic mass is 35.5. The highest BCUT2D eigenvalue weighted by Crippen LogP contribution is 2.69. The molecule has 4 aromatic carbocycles. The topological polar surface area (TPSA) is 75.7 Å². The van der Waals surface area contributed by atoms with Gasteiger partial charge in [0.05, 0.1) is 11.8 Å². The number of aryl methyl sites for hydroxylation is 2. The Labute approximate surface area is 272 Å². The molecular formula is C37H32Cl2N2O4. The van der Waals surface area contributed by atoms with Crippen LogP contribution in [-0.2, 0) is 24.1 Å². The molecular weight excluding hydrogens is 607 g/mol. The van der Waals surface area contributed by atoms with Gasteiger partial charge < -0.3 is 10.1 Å². The van der Waals surface area contributed by atoms with E-state index in [-0.39, 0.29) is 5.92 Å². The first kappa shape index (κ1) is 29.6. The van der Waals surface area contributed by atoms with Gasteiger partial charge in [0.1, 0.15) is 27.3 Å². The number of hydrogen-bond acceptors (Lipinski definition) is 4. The van der Waals surface area contributed by atoms with E-state index in [1.165, 1.54) is 5.56 Å². The van der Waals surface area contributed by atoms with Crippen LogP contribution < -0.4 is 10.1 Å². The van der Waals surface area contributed by atoms with Gasteiger partial charge in [0.15, 0.2) is 0 Å². The summed E-state index contributed by atoms with van der Waals surface area (Å²) < 4.78 is 5.99. The monoisotopic (exact) mass is 638 g/mol. The normalized spacial score (nSPS) is 25.1. The number of hydrogen-bond donors (Lipinski definition) is 1. The van der Waals surface area contributed by atoms with E-state index in [1.807, 2.05) is 94.4 Å². The van der Waals surface area contributed by atoms with Crippen molar-refractivity contribution in [3.05, 3.63) is 124 Å². The molecule has 1 heterocycles. The van der Waals surface area contributed by atoms with Gasteiger partial charge in [0.25, 0.3) is 0 Å². The van der Waals surface area contributed by atoms with Crippen LogP contribution in [0.4, 0.5) is 5.69 Å². The molecule has 0 saturated carbocycles. The van der Waals surface area contributed by atoms with Crippen molar-refractivity contribution in [3.8, 4) is 11.5 Å². The van der Waals surface area contributed by atoms with Crippen LogP contribution in [0.15, 0.2) is 91.0 Å². The molecule has 1 fully saturated rings. The average molecular weight is 640 g/mol. The number of likely N-dealkylation sites (tertiary alicyclic amines) is 1. The molecule has 0 aromatic heterocycles. The number of amides is 3. The summed E-state index contributed by atoms with van der Waals surface area (Å²) in [6, 6.07) is 26.8. The second kappa shape index (κ2) is 10.5. The molecule has 3 amide bonds. The number of carbonyl (C=O) groups excluding carboxylic acids is 3. The Morgan fingerprint density at radius 3 is 1.64 bits per heavy atom. The van der Waals surface area contributed by atoms with Crippen LogP contribution in [0.3, 0.4) is 0 Å². The summed E-state index contributed by atoms with van der Waals surface area (Å²) >= 11 is 15.1. The van der Waals surface area contributed by atoms with Crippen LogP contribution in [0, 0.1) is 31.6 Å². The van der Waals surface area contributed by atoms with E-state index in [0.29, 0.717) is 11.4 Å². The largest absolute Gasteiger partial charge is 0.457 e. The Balaban J connectivity index is 1.20. The predicted molar refractivity (Wildman–Crippen MR) is 175 cm³/mol. The lowest BCUT2D eigenvalue weighted by molar-refractivity contribution is -0.148. The lowest BCUT2D eigenvalue weighted by Gasteiger charge is -2.54. The van der Waals surface area contributed by atoms with Gasteiger partial charge in [0, 0.05) is 5.69 Å². The second-order valence-corrected chi connectivity index (χ2v) is 13.8. The summed E-state index contributed by atoms with van der Waals surface area (Å²) in [6.45, 7) is 7.71. The van der Waals surface area contributed by atoms with E-state index in [0.717, 1.165) is 38.5 Å². The van der Waals surface area contributed by atoms with Crippen LogP contribution in [0.5, 0.6) is 11.5 Å². The number of halogens is 2. The molecule has 6 nitrogen and oxygen atoms in total. The minimum Gasteiger partial charge on any atom is -0.457 e. The second-order valence-electron chi connectivity index (χ2n) is 12.6. The first-order valence-corrected chi connectivity index (χ1v) is 15.8. The fraction of sp³-hybridized carbons (Fsp3) is 0.270. The van der Waals surface area contributed by atoms with Crippen LogP contribution in [-0.4, -0.2) is 28.7 Å². The molecule has 1 N–H and O–H groups in total. The molecule has 0 unspecified atom stereocenters. The fourth-order valence-electron chi connectivity index (χ4n) is 7.42. The maximum Gasteiger partial charge on any atom is 0.247 e. The molecule has 8 heteroatoms. The van der Waals surface area contributed by atoms with Gasteiger partial charge in [-0.15, -0.1) is 23.2 Å². The summed E-state index contributed by atoms with van der Waals surface area (Å²) in [4.78, 5) is 41.3. The van der Waals surface area contributed by atoms with Crippen LogP contribution >= 0.6 is 23.2 Å². The maximum atomic E-state index is 14.4. The Kier molecular flexibility index (Phi) is 6.88. The van der Waals surface area contributed by atoms with Gasteiger partial charge >= 0.3 is 0 Å². The minimum atomic E-state index is -1.31. The summed E-state index contributed by atoms with van der Waals surface area (Å²) in [5, 5.41) is 2.92. The van der Waals surface area contributed by atoms with Gasteiger partial charge in [-0.25, -0.2) is 0 Å². The molecule has 3 aliphatic carbocycles. The van der Waals surface area contributed by atoms with Gasteiger partial charge in [-0.05, 0) is 89.5 Å². The van der Waals surface area contributed by atoms with Gasteiger partial charge in [-0.3, -0.25) is 19.3 Å². The molecule has 4 aliphatic rings. The quantitative estimate of drug-likeness (QED) is 0.174. The van der Waals surface area contributed by atoms with E-state index >= 15 is 0 Å². The molecule has 4 aromatic rings. The van der Waals surface area contributed by atoms with Crippen molar-refractivity contribution < 1.29 is 19.1 Å². The van der Waals surface area contributed by atoms with Crippen molar-refractivity contribution in [2.24, 2.45) is 17.8 Å². The third kappa shape index (κ3) is 4.19. The molecule has 0 radical (unpaired) electrons. The molecule has 8 rings (SSSR count). The Hall–Kier alpha value is -4.13. The van der Waals surface area contributed by atoms with E-state index in [1.54, 1.807) is 24.3 Å². The molecule has 3 atom stereocenters. The summed E-state index contributed by atoms with van der Waals surface area (Å²) in [6.07, 6.45) is 0. The Morgan fingerprint density at radius 2 is 1.20 bits per heavy atom. The van der Waals surface area contributed by atoms with E-state index in [4.69, 9.17) is 27.9 Å². The molecule has 1 aliphatic heterocycles. The lowest BCUT2D eigenvalue weighted by Crippen LogP contribution is -2.57. The van der Waals surface area contributed by atoms with Crippen molar-refractivity contribution in [1.82, 2.24) is 4.90 Å². The van der Waals surface area contributed by atoms with Crippen molar-refractivity contribution >= 4 is 46.6 Å². The highest BCUT2D eigenvalue weighted by Gasteiger charge is 2.73. The maximum absolute atomic E-state index is 14.4. The number of anilines is 1. The fourth-order valence-corrected chi connectivity index (χ4v) is 8.51. The highest BCUT2D eigenvalue weighted by molar-refractivity contribution is 6.36. The third-order valence-electron chi connectivity index (χ3n) is 9.63. The number of imide groups is 1. The molecule has 2 bridgehead atoms. The Morgan fingerprint density at radius 1 is 0.733 bits per heavy atom. The summed E-state index contributed by atoms with van der Waals surface area (Å²) in [5.74, 6) is -2.43. The van der Waals surface area contributed by atoms with Crippen molar-refractivity contribution in [3.63, 3.8) is 0 Å². The van der Waals surface area contributed by atoms with E-state index in [9.17, 15) is 14.4 Å². The third-order valence-corrected chi connectivity index (χ3v) is 10.9. The number of ether oxygens (including phenoxy) is 1. The average Bonchev–Trinajstić information content (AvgIpc) is 3.29. The SMILES string of the molecule is Cc1ccc(Oc2ccc(NC(=O)[C@H](C(C)C)N3C(=O)[C@@H]4[C@@H](C3=O)C3(Cl)c5ccccc5C4(Cl)c4ccccc43)cc2)cc1C. The molecule has 0 spiro atoms. The predicted octanol–water partition coefficient (Wildman–Crippen LogP) is 7.65. The van der Waals surface area contributed by atoms with Crippen LogP contribution in [0.1, 0.15) is 47.2 Å². The summed E-state index contributed by atoms with van der Waals surface area (Å²) in [5.41, 5.74) is 5.70. The first-order valence-electron chi connectivity index (χ1n) is 15.1. The van der Waals surface area contributed by atoms with Crippen LogP contribution in [0.25, 0.3) is 0 Å². The number of nitrogens with one attached hydrogen (secondary N) is 1. The minimum absolute atomic E-state index is 0.384. The number of nitrogens with zero attached hydrogens (tertiary/aromatic N) is 1. The zero-order chi connectivity index (χ0) is 31.8. The lowest BCUT2D eigenvalue weighted by atomic mass is 9.54. The number of alkyl halides is 2. The molecule has 45 heavy (non-hydrogen) atoms. The Bertz CT molecular complexity index is 1760. The van der Waals surface area contributed by atoms with Gasteiger partial charge in [-0.1, -0.05) is 68.4 Å². The van der Waals surface area contributed by atoms with Crippen molar-refractivity contribution in [2.75, 3.05) is 5.32 Å². The van der Waals surface area contributed by atoms with Crippen molar-refractivity contribution in [1.29, 1.82) is 0 Å². The van der Waals surface area contributed by atoms with E-state index < -0.39 is 45.3 Å². The molecule has 228 valence electrons.